The Hall–Kier alpha value is -2.30. The van der Waals surface area contributed by atoms with Crippen molar-refractivity contribution in [2.75, 3.05) is 36.7 Å². The highest BCUT2D eigenvalue weighted by molar-refractivity contribution is 7.98. The zero-order valence-corrected chi connectivity index (χ0v) is 24.9. The van der Waals surface area contributed by atoms with E-state index in [2.05, 4.69) is 13.8 Å². The second-order valence-electron chi connectivity index (χ2n) is 10.1. The predicted molar refractivity (Wildman–Crippen MR) is 154 cm³/mol. The Morgan fingerprint density at radius 2 is 1.77 bits per heavy atom. The van der Waals surface area contributed by atoms with Crippen molar-refractivity contribution >= 4 is 38.9 Å². The van der Waals surface area contributed by atoms with Crippen LogP contribution >= 0.6 is 11.8 Å². The summed E-state index contributed by atoms with van der Waals surface area (Å²) in [4.78, 5) is 14.4. The van der Waals surface area contributed by atoms with Gasteiger partial charge in [0, 0.05) is 30.3 Å². The molecule has 0 bridgehead atoms. The molecule has 0 fully saturated rings. The van der Waals surface area contributed by atoms with E-state index in [1.807, 2.05) is 11.2 Å². The topological polar surface area (TPSA) is 93.1 Å². The number of fused-ring (bicyclic) bond motifs is 1. The van der Waals surface area contributed by atoms with Gasteiger partial charge in [0.15, 0.2) is 15.9 Å². The lowest BCUT2D eigenvalue weighted by atomic mass is 9.79. The van der Waals surface area contributed by atoms with Crippen LogP contribution in [0.3, 0.4) is 0 Å². The maximum absolute atomic E-state index is 14.1. The molecule has 0 aliphatic carbocycles. The molecule has 0 radical (unpaired) electrons. The minimum absolute atomic E-state index is 0.000550. The molecule has 1 aliphatic heterocycles. The molecule has 10 heteroatoms. The number of halogens is 1. The number of sulfone groups is 1. The predicted octanol–water partition coefficient (Wildman–Crippen LogP) is 6.71. The van der Waals surface area contributed by atoms with Crippen molar-refractivity contribution in [1.29, 1.82) is 0 Å². The Morgan fingerprint density at radius 1 is 1.13 bits per heavy atom. The Labute approximate surface area is 236 Å². The molecule has 216 valence electrons. The molecule has 0 spiro atoms. The SMILES string of the molecule is CCCCC1(CCCC)CN(c2ccc(F)cc2)c2cc(SC)c(OCC(OCC)C(=O)O)cc2S(=O)(=O)C1. The molecule has 1 atom stereocenters. The second kappa shape index (κ2) is 13.9. The Bertz CT molecular complexity index is 1210. The largest absolute Gasteiger partial charge is 0.489 e. The van der Waals surface area contributed by atoms with Crippen LogP contribution < -0.4 is 9.64 Å². The van der Waals surface area contributed by atoms with E-state index < -0.39 is 27.3 Å². The van der Waals surface area contributed by atoms with Gasteiger partial charge in [0.25, 0.3) is 0 Å². The number of anilines is 2. The number of ether oxygens (including phenoxy) is 2. The highest BCUT2D eigenvalue weighted by Gasteiger charge is 2.42. The van der Waals surface area contributed by atoms with Gasteiger partial charge < -0.3 is 19.5 Å². The Balaban J connectivity index is 2.18. The van der Waals surface area contributed by atoms with E-state index in [0.717, 1.165) is 44.2 Å². The van der Waals surface area contributed by atoms with Crippen LogP contribution in [0.5, 0.6) is 5.75 Å². The fourth-order valence-corrected chi connectivity index (χ4v) is 7.81. The van der Waals surface area contributed by atoms with Crippen LogP contribution in [0.15, 0.2) is 46.2 Å². The van der Waals surface area contributed by atoms with Crippen molar-refractivity contribution in [2.24, 2.45) is 5.41 Å². The summed E-state index contributed by atoms with van der Waals surface area (Å²) in [6.07, 6.45) is 5.94. The van der Waals surface area contributed by atoms with E-state index in [4.69, 9.17) is 9.47 Å². The lowest BCUT2D eigenvalue weighted by molar-refractivity contribution is -0.152. The molecule has 1 aliphatic rings. The minimum Gasteiger partial charge on any atom is -0.489 e. The van der Waals surface area contributed by atoms with Crippen molar-refractivity contribution < 1.29 is 32.2 Å². The van der Waals surface area contributed by atoms with E-state index in [1.54, 1.807) is 25.1 Å². The standard InChI is InChI=1S/C29H40FNO6S2/c1-5-8-14-29(15-9-6-2)19-31(22-12-10-21(30)11-13-22)23-16-26(38-4)24(17-27(23)39(34,35)20-29)37-18-25(28(32)33)36-7-3/h10-13,16-17,25H,5-9,14-15,18-20H2,1-4H3,(H,32,33). The number of nitrogens with zero attached hydrogens (tertiary/aromatic N) is 1. The molecule has 2 aromatic carbocycles. The zero-order chi connectivity index (χ0) is 28.6. The van der Waals surface area contributed by atoms with Gasteiger partial charge in [0.05, 0.1) is 21.2 Å². The number of aliphatic carboxylic acids is 1. The number of carboxylic acid groups (broad SMARTS) is 1. The van der Waals surface area contributed by atoms with Crippen LogP contribution in [0.4, 0.5) is 15.8 Å². The molecule has 7 nitrogen and oxygen atoms in total. The normalized spacial score (nSPS) is 16.8. The van der Waals surface area contributed by atoms with Crippen LogP contribution in [-0.2, 0) is 19.4 Å². The van der Waals surface area contributed by atoms with Crippen LogP contribution in [0.25, 0.3) is 0 Å². The van der Waals surface area contributed by atoms with E-state index in [9.17, 15) is 22.7 Å². The first-order valence-electron chi connectivity index (χ1n) is 13.5. The number of carboxylic acids is 1. The average molecular weight is 582 g/mol. The van der Waals surface area contributed by atoms with Crippen molar-refractivity contribution in [3.8, 4) is 5.75 Å². The summed E-state index contributed by atoms with van der Waals surface area (Å²) < 4.78 is 53.2. The Kier molecular flexibility index (Phi) is 11.1. The van der Waals surface area contributed by atoms with Gasteiger partial charge in [-0.1, -0.05) is 39.5 Å². The number of unbranched alkanes of at least 4 members (excludes halogenated alkanes) is 2. The molecule has 0 amide bonds. The minimum atomic E-state index is -3.76. The van der Waals surface area contributed by atoms with E-state index in [-0.39, 0.29) is 29.7 Å². The van der Waals surface area contributed by atoms with Gasteiger partial charge in [-0.2, -0.15) is 0 Å². The fourth-order valence-electron chi connectivity index (χ4n) is 5.15. The van der Waals surface area contributed by atoms with Gasteiger partial charge in [0.2, 0.25) is 0 Å². The summed E-state index contributed by atoms with van der Waals surface area (Å²) in [5, 5.41) is 9.46. The molecule has 0 aromatic heterocycles. The molecule has 3 rings (SSSR count). The quantitative estimate of drug-likeness (QED) is 0.246. The van der Waals surface area contributed by atoms with E-state index in [0.29, 0.717) is 22.9 Å². The van der Waals surface area contributed by atoms with Gasteiger partial charge in [-0.05, 0) is 56.4 Å². The maximum Gasteiger partial charge on any atom is 0.336 e. The summed E-state index contributed by atoms with van der Waals surface area (Å²) in [6.45, 7) is 6.35. The smallest absolute Gasteiger partial charge is 0.336 e. The van der Waals surface area contributed by atoms with Crippen LogP contribution in [-0.4, -0.2) is 57.4 Å². The highest BCUT2D eigenvalue weighted by atomic mass is 32.2. The van der Waals surface area contributed by atoms with Gasteiger partial charge in [0.1, 0.15) is 18.2 Å². The average Bonchev–Trinajstić information content (AvgIpc) is 3.00. The molecule has 1 unspecified atom stereocenters. The lowest BCUT2D eigenvalue weighted by Gasteiger charge is -2.37. The third-order valence-electron chi connectivity index (χ3n) is 7.15. The number of thioether (sulfide) groups is 1. The molecule has 1 heterocycles. The number of benzene rings is 2. The molecule has 0 saturated carbocycles. The zero-order valence-electron chi connectivity index (χ0n) is 23.2. The van der Waals surface area contributed by atoms with E-state index in [1.165, 1.54) is 30.0 Å². The monoisotopic (exact) mass is 581 g/mol. The third-order valence-corrected chi connectivity index (χ3v) is 9.90. The highest BCUT2D eigenvalue weighted by Crippen LogP contribution is 2.47. The number of hydrogen-bond donors (Lipinski definition) is 1. The van der Waals surface area contributed by atoms with Crippen LogP contribution in [0, 0.1) is 11.2 Å². The van der Waals surface area contributed by atoms with Crippen molar-refractivity contribution in [3.63, 3.8) is 0 Å². The maximum atomic E-state index is 14.1. The summed E-state index contributed by atoms with van der Waals surface area (Å²) in [6, 6.07) is 9.46. The fraction of sp³-hybridized carbons (Fsp3) is 0.552. The molecular formula is C29H40FNO6S2. The van der Waals surface area contributed by atoms with Gasteiger partial charge in [-0.25, -0.2) is 17.6 Å². The number of carbonyl (C=O) groups is 1. The van der Waals surface area contributed by atoms with Gasteiger partial charge in [-0.15, -0.1) is 11.8 Å². The first-order chi connectivity index (χ1) is 18.6. The first-order valence-corrected chi connectivity index (χ1v) is 16.4. The second-order valence-corrected chi connectivity index (χ2v) is 12.9. The van der Waals surface area contributed by atoms with Crippen molar-refractivity contribution in [1.82, 2.24) is 0 Å². The van der Waals surface area contributed by atoms with Crippen LogP contribution in [0.2, 0.25) is 0 Å². The summed E-state index contributed by atoms with van der Waals surface area (Å²) in [5.41, 5.74) is 0.755. The van der Waals surface area contributed by atoms with Gasteiger partial charge >= 0.3 is 5.97 Å². The first kappa shape index (κ1) is 31.2. The Morgan fingerprint density at radius 3 is 2.31 bits per heavy atom. The van der Waals surface area contributed by atoms with Gasteiger partial charge in [-0.3, -0.25) is 0 Å². The third kappa shape index (κ3) is 7.67. The molecule has 39 heavy (non-hydrogen) atoms. The molecular weight excluding hydrogens is 541 g/mol. The summed E-state index contributed by atoms with van der Waals surface area (Å²) in [7, 11) is -3.76. The number of hydrogen-bond acceptors (Lipinski definition) is 7. The van der Waals surface area contributed by atoms with Crippen LogP contribution in [0.1, 0.15) is 59.3 Å². The molecule has 0 saturated heterocycles. The van der Waals surface area contributed by atoms with Crippen molar-refractivity contribution in [2.45, 2.75) is 75.2 Å². The van der Waals surface area contributed by atoms with Crippen molar-refractivity contribution in [3.05, 3.63) is 42.2 Å². The summed E-state index contributed by atoms with van der Waals surface area (Å²) in [5.74, 6) is -1.21. The molecule has 2 aromatic rings. The van der Waals surface area contributed by atoms with E-state index >= 15 is 0 Å². The molecule has 1 N–H and O–H groups in total. The lowest BCUT2D eigenvalue weighted by Crippen LogP contribution is -2.38. The summed E-state index contributed by atoms with van der Waals surface area (Å²) >= 11 is 1.38. The number of rotatable bonds is 14.